The van der Waals surface area contributed by atoms with E-state index in [1.807, 2.05) is 11.3 Å². The highest BCUT2D eigenvalue weighted by Gasteiger charge is 2.22. The maximum atomic E-state index is 2.48. The molecular weight excluding hydrogens is 623 g/mol. The fourth-order valence-corrected chi connectivity index (χ4v) is 8.86. The molecule has 1 heterocycles. The molecule has 234 valence electrons. The number of hydrogen-bond donors (Lipinski definition) is 0. The molecule has 1 aromatic heterocycles. The highest BCUT2D eigenvalue weighted by atomic mass is 32.1. The molecule has 0 atom stereocenters. The van der Waals surface area contributed by atoms with Crippen molar-refractivity contribution in [3.8, 4) is 22.3 Å². The van der Waals surface area contributed by atoms with Crippen LogP contribution >= 0.6 is 11.3 Å². The van der Waals surface area contributed by atoms with Crippen LogP contribution in [0.2, 0.25) is 0 Å². The molecule has 0 aliphatic heterocycles. The van der Waals surface area contributed by atoms with Crippen LogP contribution in [-0.4, -0.2) is 0 Å². The lowest BCUT2D eigenvalue weighted by Crippen LogP contribution is -2.11. The van der Waals surface area contributed by atoms with E-state index in [0.29, 0.717) is 0 Å². The predicted octanol–water partition coefficient (Wildman–Crippen LogP) is 14.3. The minimum absolute atomic E-state index is 1.13. The van der Waals surface area contributed by atoms with E-state index in [4.69, 9.17) is 0 Å². The fraction of sp³-hybridized carbons (Fsp3) is 0. The van der Waals surface area contributed by atoms with Crippen LogP contribution in [0.15, 0.2) is 188 Å². The molecule has 0 bridgehead atoms. The number of hydrogen-bond acceptors (Lipinski definition) is 2. The van der Waals surface area contributed by atoms with Gasteiger partial charge < -0.3 is 4.90 Å². The third-order valence-electron chi connectivity index (χ3n) is 10.0. The summed E-state index contributed by atoms with van der Waals surface area (Å²) in [6, 6.07) is 68.8. The van der Waals surface area contributed by atoms with E-state index in [9.17, 15) is 0 Å². The summed E-state index contributed by atoms with van der Waals surface area (Å²) in [5.41, 5.74) is 8.28. The smallest absolute Gasteiger partial charge is 0.0555 e. The summed E-state index contributed by atoms with van der Waals surface area (Å²) in [6.45, 7) is 0. The van der Waals surface area contributed by atoms with Gasteiger partial charge in [-0.15, -0.1) is 11.3 Å². The van der Waals surface area contributed by atoms with E-state index in [1.54, 1.807) is 0 Å². The molecule has 10 aromatic rings. The van der Waals surface area contributed by atoms with E-state index in [1.165, 1.54) is 80.4 Å². The lowest BCUT2D eigenvalue weighted by Gasteiger charge is -2.29. The summed E-state index contributed by atoms with van der Waals surface area (Å²) in [4.78, 5) is 2.48. The lowest BCUT2D eigenvalue weighted by molar-refractivity contribution is 1.31. The van der Waals surface area contributed by atoms with Crippen LogP contribution in [0, 0.1) is 0 Å². The number of thiophene rings is 1. The normalized spacial score (nSPS) is 11.6. The molecule has 0 spiro atoms. The first-order valence-corrected chi connectivity index (χ1v) is 17.9. The Hall–Kier alpha value is -6.22. The molecule has 0 saturated carbocycles. The summed E-state index contributed by atoms with van der Waals surface area (Å²) in [5.74, 6) is 0. The second kappa shape index (κ2) is 11.7. The number of anilines is 3. The van der Waals surface area contributed by atoms with E-state index in [-0.39, 0.29) is 0 Å². The van der Waals surface area contributed by atoms with Crippen molar-refractivity contribution in [1.82, 2.24) is 0 Å². The molecule has 0 saturated heterocycles. The number of nitrogens with zero attached hydrogens (tertiary/aromatic N) is 1. The number of benzene rings is 9. The average molecular weight is 654 g/mol. The van der Waals surface area contributed by atoms with Crippen LogP contribution < -0.4 is 4.90 Å². The van der Waals surface area contributed by atoms with Crippen LogP contribution in [0.1, 0.15) is 0 Å². The van der Waals surface area contributed by atoms with Gasteiger partial charge in [0.2, 0.25) is 0 Å². The molecule has 0 aliphatic carbocycles. The molecule has 50 heavy (non-hydrogen) atoms. The molecule has 9 aromatic carbocycles. The quantitative estimate of drug-likeness (QED) is 0.167. The Morgan fingerprint density at radius 3 is 1.82 bits per heavy atom. The van der Waals surface area contributed by atoms with E-state index < -0.39 is 0 Å². The Bertz CT molecular complexity index is 2890. The van der Waals surface area contributed by atoms with Crippen molar-refractivity contribution in [2.45, 2.75) is 0 Å². The number of para-hydroxylation sites is 1. The molecule has 1 nitrogen and oxygen atoms in total. The van der Waals surface area contributed by atoms with Gasteiger partial charge in [0, 0.05) is 31.4 Å². The van der Waals surface area contributed by atoms with Gasteiger partial charge in [-0.1, -0.05) is 146 Å². The predicted molar refractivity (Wildman–Crippen MR) is 217 cm³/mol. The molecule has 2 heteroatoms. The second-order valence-electron chi connectivity index (χ2n) is 12.9. The van der Waals surface area contributed by atoms with Gasteiger partial charge in [-0.05, 0) is 91.5 Å². The Kier molecular flexibility index (Phi) is 6.75. The van der Waals surface area contributed by atoms with Crippen molar-refractivity contribution in [3.63, 3.8) is 0 Å². The number of rotatable bonds is 5. The summed E-state index contributed by atoms with van der Waals surface area (Å²) in [6.07, 6.45) is 0. The van der Waals surface area contributed by atoms with Crippen molar-refractivity contribution < 1.29 is 0 Å². The highest BCUT2D eigenvalue weighted by Crippen LogP contribution is 2.48. The zero-order valence-electron chi connectivity index (χ0n) is 27.3. The minimum atomic E-state index is 1.13. The first-order chi connectivity index (χ1) is 24.8. The first-order valence-electron chi connectivity index (χ1n) is 17.1. The van der Waals surface area contributed by atoms with Crippen LogP contribution in [-0.2, 0) is 0 Å². The average Bonchev–Trinajstić information content (AvgIpc) is 3.57. The Balaban J connectivity index is 1.22. The topological polar surface area (TPSA) is 3.24 Å². The van der Waals surface area contributed by atoms with Crippen LogP contribution in [0.4, 0.5) is 17.1 Å². The Labute approximate surface area is 294 Å². The van der Waals surface area contributed by atoms with Crippen molar-refractivity contribution in [2.24, 2.45) is 0 Å². The molecule has 0 N–H and O–H groups in total. The molecule has 0 aliphatic rings. The summed E-state index contributed by atoms with van der Waals surface area (Å²) in [5, 5.41) is 10.1. The van der Waals surface area contributed by atoms with Gasteiger partial charge in [0.05, 0.1) is 11.4 Å². The van der Waals surface area contributed by atoms with Crippen molar-refractivity contribution in [3.05, 3.63) is 188 Å². The standard InChI is InChI=1S/C48H31NS/c1-3-17-38-32(12-1)14-10-21-40(38)34-15-9-16-35(30-34)42-19-5-7-22-44(42)49(45-23-11-25-47-48(45)43-20-6-8-24-46(43)50-47)37-28-29-41-36(31-37)27-26-33-13-2-4-18-39(33)41/h1-31H. The molecule has 0 radical (unpaired) electrons. The second-order valence-corrected chi connectivity index (χ2v) is 14.0. The maximum Gasteiger partial charge on any atom is 0.0555 e. The minimum Gasteiger partial charge on any atom is -0.309 e. The van der Waals surface area contributed by atoms with E-state index in [0.717, 1.165) is 11.4 Å². The zero-order chi connectivity index (χ0) is 33.0. The fourth-order valence-electron chi connectivity index (χ4n) is 7.73. The molecular formula is C48H31NS. The van der Waals surface area contributed by atoms with Crippen molar-refractivity contribution >= 4 is 80.9 Å². The van der Waals surface area contributed by atoms with Gasteiger partial charge in [0.1, 0.15) is 0 Å². The van der Waals surface area contributed by atoms with Gasteiger partial charge in [-0.2, -0.15) is 0 Å². The Morgan fingerprint density at radius 2 is 0.920 bits per heavy atom. The van der Waals surface area contributed by atoms with Gasteiger partial charge in [0.15, 0.2) is 0 Å². The Morgan fingerprint density at radius 1 is 0.340 bits per heavy atom. The van der Waals surface area contributed by atoms with Crippen molar-refractivity contribution in [1.29, 1.82) is 0 Å². The molecule has 0 unspecified atom stereocenters. The SMILES string of the molecule is c1cc(-c2ccccc2N(c2ccc3c(ccc4ccccc43)c2)c2cccc3sc4ccccc4c23)cc(-c2cccc3ccccc23)c1. The molecule has 0 amide bonds. The monoisotopic (exact) mass is 653 g/mol. The zero-order valence-corrected chi connectivity index (χ0v) is 28.1. The van der Waals surface area contributed by atoms with E-state index >= 15 is 0 Å². The number of fused-ring (bicyclic) bond motifs is 7. The third kappa shape index (κ3) is 4.69. The van der Waals surface area contributed by atoms with Gasteiger partial charge in [0.25, 0.3) is 0 Å². The maximum absolute atomic E-state index is 2.48. The molecule has 0 fully saturated rings. The van der Waals surface area contributed by atoms with Gasteiger partial charge in [-0.3, -0.25) is 0 Å². The highest BCUT2D eigenvalue weighted by molar-refractivity contribution is 7.26. The summed E-state index contributed by atoms with van der Waals surface area (Å²) >= 11 is 1.86. The largest absolute Gasteiger partial charge is 0.309 e. The van der Waals surface area contributed by atoms with Crippen LogP contribution in [0.25, 0.3) is 74.7 Å². The van der Waals surface area contributed by atoms with Gasteiger partial charge in [-0.25, -0.2) is 0 Å². The van der Waals surface area contributed by atoms with Crippen LogP contribution in [0.3, 0.4) is 0 Å². The molecule has 10 rings (SSSR count). The van der Waals surface area contributed by atoms with Gasteiger partial charge >= 0.3 is 0 Å². The summed E-state index contributed by atoms with van der Waals surface area (Å²) < 4.78 is 2.59. The van der Waals surface area contributed by atoms with Crippen LogP contribution in [0.5, 0.6) is 0 Å². The summed E-state index contributed by atoms with van der Waals surface area (Å²) in [7, 11) is 0. The lowest BCUT2D eigenvalue weighted by atomic mass is 9.94. The van der Waals surface area contributed by atoms with Crippen molar-refractivity contribution in [2.75, 3.05) is 4.90 Å². The third-order valence-corrected chi connectivity index (χ3v) is 11.2. The van der Waals surface area contributed by atoms with E-state index in [2.05, 4.69) is 193 Å². The first kappa shape index (κ1) is 28.8.